The minimum Gasteiger partial charge on any atom is -0.448 e. The predicted octanol–water partition coefficient (Wildman–Crippen LogP) is 2.96. The molecule has 0 aliphatic carbocycles. The maximum Gasteiger partial charge on any atom is 0.340 e. The zero-order valence-corrected chi connectivity index (χ0v) is 17.0. The van der Waals surface area contributed by atoms with Crippen molar-refractivity contribution in [2.75, 3.05) is 0 Å². The molecule has 28 heavy (non-hydrogen) atoms. The number of carbonyl (C=O) groups excluding carboxylic acids is 3. The van der Waals surface area contributed by atoms with E-state index in [0.29, 0.717) is 16.2 Å². The first-order valence-corrected chi connectivity index (χ1v) is 9.64. The van der Waals surface area contributed by atoms with Gasteiger partial charge in [-0.1, -0.05) is 31.1 Å². The van der Waals surface area contributed by atoms with Gasteiger partial charge < -0.3 is 15.0 Å². The van der Waals surface area contributed by atoms with E-state index in [2.05, 4.69) is 5.16 Å². The summed E-state index contributed by atoms with van der Waals surface area (Å²) in [4.78, 5) is 36.4. The van der Waals surface area contributed by atoms with Crippen LogP contribution in [0.15, 0.2) is 33.7 Å². The third-order valence-corrected chi connectivity index (χ3v) is 5.10. The second-order valence-electron chi connectivity index (χ2n) is 6.51. The van der Waals surface area contributed by atoms with Crippen molar-refractivity contribution in [2.24, 2.45) is 11.7 Å². The molecule has 1 heterocycles. The van der Waals surface area contributed by atoms with E-state index in [1.807, 2.05) is 25.2 Å². The third kappa shape index (κ3) is 5.35. The van der Waals surface area contributed by atoms with Gasteiger partial charge in [-0.25, -0.2) is 9.59 Å². The zero-order valence-electron chi connectivity index (χ0n) is 16.1. The molecular formula is C19H23N3O5S. The van der Waals surface area contributed by atoms with Crippen LogP contribution < -0.4 is 11.1 Å². The van der Waals surface area contributed by atoms with Crippen LogP contribution in [0.5, 0.6) is 0 Å². The fourth-order valence-corrected chi connectivity index (χ4v) is 3.68. The van der Waals surface area contributed by atoms with Gasteiger partial charge in [-0.3, -0.25) is 10.1 Å². The maximum atomic E-state index is 12.7. The second-order valence-corrected chi connectivity index (χ2v) is 7.53. The number of hydrogen-bond acceptors (Lipinski definition) is 7. The third-order valence-electron chi connectivity index (χ3n) is 4.00. The van der Waals surface area contributed by atoms with E-state index in [1.54, 1.807) is 32.0 Å². The number of rotatable bonds is 7. The average Bonchev–Trinajstić information content (AvgIpc) is 2.95. The van der Waals surface area contributed by atoms with Crippen molar-refractivity contribution in [1.29, 1.82) is 0 Å². The first-order chi connectivity index (χ1) is 13.2. The van der Waals surface area contributed by atoms with Crippen molar-refractivity contribution in [3.05, 3.63) is 46.8 Å². The normalized spacial score (nSPS) is 11.9. The van der Waals surface area contributed by atoms with Crippen LogP contribution in [0.2, 0.25) is 0 Å². The standard InChI is InChI=1S/C19H23N3O5S/c1-10(2)16(17(23)21-19(20)25)26-18(24)13-7-5-6-8-15(13)28-9-14-11(3)22-27-12(14)4/h5-8,10,16H,9H2,1-4H3,(H3,20,21,23,25)/t16-/m0/s1. The Bertz CT molecular complexity index is 859. The monoisotopic (exact) mass is 405 g/mol. The molecule has 3 N–H and O–H groups in total. The van der Waals surface area contributed by atoms with E-state index < -0.39 is 24.0 Å². The molecule has 150 valence electrons. The molecule has 0 aliphatic heterocycles. The van der Waals surface area contributed by atoms with Gasteiger partial charge in [0.05, 0.1) is 11.3 Å². The summed E-state index contributed by atoms with van der Waals surface area (Å²) in [5.74, 6) is -0.448. The van der Waals surface area contributed by atoms with Crippen molar-refractivity contribution in [1.82, 2.24) is 10.5 Å². The number of aryl methyl sites for hydroxylation is 2. The molecule has 1 aromatic carbocycles. The van der Waals surface area contributed by atoms with Crippen LogP contribution >= 0.6 is 11.8 Å². The molecule has 0 saturated heterocycles. The molecule has 2 aromatic rings. The van der Waals surface area contributed by atoms with E-state index in [-0.39, 0.29) is 5.92 Å². The van der Waals surface area contributed by atoms with Gasteiger partial charge in [-0.15, -0.1) is 11.8 Å². The lowest BCUT2D eigenvalue weighted by molar-refractivity contribution is -0.130. The molecule has 0 aliphatic rings. The van der Waals surface area contributed by atoms with Crippen LogP contribution in [0, 0.1) is 19.8 Å². The molecule has 1 aromatic heterocycles. The number of ether oxygens (including phenoxy) is 1. The molecule has 3 amide bonds. The van der Waals surface area contributed by atoms with E-state index >= 15 is 0 Å². The van der Waals surface area contributed by atoms with Gasteiger partial charge in [0.2, 0.25) is 0 Å². The molecule has 0 radical (unpaired) electrons. The van der Waals surface area contributed by atoms with Gasteiger partial charge in [-0.2, -0.15) is 0 Å². The Balaban J connectivity index is 2.16. The summed E-state index contributed by atoms with van der Waals surface area (Å²) >= 11 is 1.44. The van der Waals surface area contributed by atoms with Gasteiger partial charge >= 0.3 is 12.0 Å². The first kappa shape index (κ1) is 21.5. The van der Waals surface area contributed by atoms with Gasteiger partial charge in [-0.05, 0) is 31.9 Å². The summed E-state index contributed by atoms with van der Waals surface area (Å²) in [7, 11) is 0. The number of hydrogen-bond donors (Lipinski definition) is 2. The fourth-order valence-electron chi connectivity index (χ4n) is 2.48. The van der Waals surface area contributed by atoms with Crippen LogP contribution in [0.25, 0.3) is 0 Å². The highest BCUT2D eigenvalue weighted by Gasteiger charge is 2.28. The largest absolute Gasteiger partial charge is 0.448 e. The van der Waals surface area contributed by atoms with Crippen molar-refractivity contribution < 1.29 is 23.6 Å². The summed E-state index contributed by atoms with van der Waals surface area (Å²) < 4.78 is 10.5. The number of amides is 3. The highest BCUT2D eigenvalue weighted by Crippen LogP contribution is 2.29. The van der Waals surface area contributed by atoms with Gasteiger partial charge in [0.1, 0.15) is 5.76 Å². The summed E-state index contributed by atoms with van der Waals surface area (Å²) in [5.41, 5.74) is 7.08. The van der Waals surface area contributed by atoms with Crippen molar-refractivity contribution in [3.8, 4) is 0 Å². The molecule has 9 heteroatoms. The number of nitrogens with one attached hydrogen (secondary N) is 1. The molecule has 0 fully saturated rings. The van der Waals surface area contributed by atoms with E-state index in [9.17, 15) is 14.4 Å². The number of nitrogens with two attached hydrogens (primary N) is 1. The Hall–Kier alpha value is -2.81. The quantitative estimate of drug-likeness (QED) is 0.536. The Morgan fingerprint density at radius 2 is 1.93 bits per heavy atom. The summed E-state index contributed by atoms with van der Waals surface area (Å²) in [5, 5.41) is 5.88. The van der Waals surface area contributed by atoms with Crippen LogP contribution in [-0.4, -0.2) is 29.2 Å². The molecular weight excluding hydrogens is 382 g/mol. The minimum absolute atomic E-state index is 0.330. The van der Waals surface area contributed by atoms with Gasteiger partial charge in [0.15, 0.2) is 6.10 Å². The topological polar surface area (TPSA) is 125 Å². The summed E-state index contributed by atoms with van der Waals surface area (Å²) in [6.07, 6.45) is -1.14. The Labute approximate surface area is 167 Å². The smallest absolute Gasteiger partial charge is 0.340 e. The number of imide groups is 1. The number of thioether (sulfide) groups is 1. The first-order valence-electron chi connectivity index (χ1n) is 8.65. The number of esters is 1. The minimum atomic E-state index is -1.14. The lowest BCUT2D eigenvalue weighted by Gasteiger charge is -2.20. The molecule has 1 atom stereocenters. The number of carbonyl (C=O) groups is 3. The lowest BCUT2D eigenvalue weighted by Crippen LogP contribution is -2.45. The van der Waals surface area contributed by atoms with Crippen molar-refractivity contribution in [2.45, 2.75) is 44.4 Å². The highest BCUT2D eigenvalue weighted by molar-refractivity contribution is 7.98. The molecule has 0 unspecified atom stereocenters. The summed E-state index contributed by atoms with van der Waals surface area (Å²) in [6, 6.07) is 5.95. The predicted molar refractivity (Wildman–Crippen MR) is 104 cm³/mol. The number of urea groups is 1. The van der Waals surface area contributed by atoms with E-state index in [0.717, 1.165) is 17.0 Å². The van der Waals surface area contributed by atoms with E-state index in [1.165, 1.54) is 11.8 Å². The summed E-state index contributed by atoms with van der Waals surface area (Å²) in [6.45, 7) is 7.10. The zero-order chi connectivity index (χ0) is 20.8. The Kier molecular flexibility index (Phi) is 7.22. The molecule has 0 spiro atoms. The number of benzene rings is 1. The van der Waals surface area contributed by atoms with Crippen LogP contribution in [0.1, 0.15) is 41.2 Å². The van der Waals surface area contributed by atoms with Crippen LogP contribution in [-0.2, 0) is 15.3 Å². The van der Waals surface area contributed by atoms with Crippen molar-refractivity contribution >= 4 is 29.7 Å². The Morgan fingerprint density at radius 3 is 2.50 bits per heavy atom. The molecule has 2 rings (SSSR count). The SMILES string of the molecule is Cc1noc(C)c1CSc1ccccc1C(=O)O[C@H](C(=O)NC(N)=O)C(C)C. The van der Waals surface area contributed by atoms with Crippen LogP contribution in [0.4, 0.5) is 4.79 Å². The van der Waals surface area contributed by atoms with Gasteiger partial charge in [0.25, 0.3) is 5.91 Å². The van der Waals surface area contributed by atoms with Crippen molar-refractivity contribution in [3.63, 3.8) is 0 Å². The van der Waals surface area contributed by atoms with Crippen LogP contribution in [0.3, 0.4) is 0 Å². The maximum absolute atomic E-state index is 12.7. The highest BCUT2D eigenvalue weighted by atomic mass is 32.2. The Morgan fingerprint density at radius 1 is 1.25 bits per heavy atom. The molecule has 8 nitrogen and oxygen atoms in total. The molecule has 0 bridgehead atoms. The fraction of sp³-hybridized carbons (Fsp3) is 0.368. The second kappa shape index (κ2) is 9.41. The molecule has 0 saturated carbocycles. The number of nitrogens with zero attached hydrogens (tertiary/aromatic N) is 1. The average molecular weight is 405 g/mol. The number of aromatic nitrogens is 1. The lowest BCUT2D eigenvalue weighted by atomic mass is 10.1. The van der Waals surface area contributed by atoms with E-state index in [4.69, 9.17) is 15.0 Å². The van der Waals surface area contributed by atoms with Gasteiger partial charge in [0, 0.05) is 16.2 Å². The number of primary amides is 1.